The highest BCUT2D eigenvalue weighted by molar-refractivity contribution is 9.10. The molecule has 1 aromatic carbocycles. The second-order valence-electron chi connectivity index (χ2n) is 4.17. The molecule has 0 bridgehead atoms. The summed E-state index contributed by atoms with van der Waals surface area (Å²) in [5.41, 5.74) is 4.67. The van der Waals surface area contributed by atoms with Crippen LogP contribution in [0.4, 0.5) is 4.39 Å². The number of H-pyrrole nitrogens is 1. The zero-order valence-electron chi connectivity index (χ0n) is 10.5. The lowest BCUT2D eigenvalue weighted by atomic mass is 10.1. The molecule has 0 aliphatic heterocycles. The molecule has 1 nitrogen and oxygen atoms in total. The van der Waals surface area contributed by atoms with E-state index in [2.05, 4.69) is 20.9 Å². The minimum Gasteiger partial charge on any atom is -0.358 e. The van der Waals surface area contributed by atoms with Crippen LogP contribution in [-0.4, -0.2) is 4.98 Å². The van der Waals surface area contributed by atoms with Crippen LogP contribution in [0.15, 0.2) is 10.5 Å². The summed E-state index contributed by atoms with van der Waals surface area (Å²) in [6.07, 6.45) is 3.34. The fourth-order valence-electron chi connectivity index (χ4n) is 2.50. The minimum absolute atomic E-state index is 0.159. The molecule has 1 aliphatic carbocycles. The molecule has 1 aliphatic rings. The monoisotopic (exact) mass is 297 g/mol. The molecule has 1 aromatic heterocycles. The molecule has 3 heteroatoms. The van der Waals surface area contributed by atoms with Crippen LogP contribution in [0, 0.1) is 12.7 Å². The molecule has 3 rings (SSSR count). The van der Waals surface area contributed by atoms with Gasteiger partial charge in [0.2, 0.25) is 0 Å². The van der Waals surface area contributed by atoms with Crippen molar-refractivity contribution in [1.29, 1.82) is 0 Å². The Hall–Kier alpha value is -0.830. The number of halogens is 2. The first-order valence-electron chi connectivity index (χ1n) is 6.16. The maximum Gasteiger partial charge on any atom is 0.138 e. The molecule has 1 N–H and O–H groups in total. The number of aromatic nitrogens is 1. The van der Waals surface area contributed by atoms with Crippen LogP contribution in [0.1, 0.15) is 37.1 Å². The van der Waals surface area contributed by atoms with Crippen molar-refractivity contribution in [2.24, 2.45) is 0 Å². The number of hydrogen-bond donors (Lipinski definition) is 1. The van der Waals surface area contributed by atoms with Crippen LogP contribution >= 0.6 is 15.9 Å². The smallest absolute Gasteiger partial charge is 0.138 e. The lowest BCUT2D eigenvalue weighted by Crippen LogP contribution is -1.86. The van der Waals surface area contributed by atoms with Gasteiger partial charge in [-0.1, -0.05) is 13.8 Å². The van der Waals surface area contributed by atoms with Crippen molar-refractivity contribution in [3.63, 3.8) is 0 Å². The van der Waals surface area contributed by atoms with Crippen molar-refractivity contribution in [3.8, 4) is 0 Å². The first-order valence-corrected chi connectivity index (χ1v) is 6.96. The highest BCUT2D eigenvalue weighted by atomic mass is 79.9. The third kappa shape index (κ3) is 1.90. The second kappa shape index (κ2) is 4.81. The lowest BCUT2D eigenvalue weighted by Gasteiger charge is -2.02. The van der Waals surface area contributed by atoms with Gasteiger partial charge in [0.1, 0.15) is 5.82 Å². The summed E-state index contributed by atoms with van der Waals surface area (Å²) in [5, 5.41) is 1.06. The Balaban J connectivity index is 0.000000514. The molecule has 0 saturated carbocycles. The van der Waals surface area contributed by atoms with Gasteiger partial charge in [-0.15, -0.1) is 0 Å². The normalized spacial score (nSPS) is 13.5. The highest BCUT2D eigenvalue weighted by Gasteiger charge is 2.21. The number of fused-ring (bicyclic) bond motifs is 3. The minimum atomic E-state index is -0.159. The van der Waals surface area contributed by atoms with E-state index in [4.69, 9.17) is 0 Å². The fraction of sp³-hybridized carbons (Fsp3) is 0.429. The summed E-state index contributed by atoms with van der Waals surface area (Å²) >= 11 is 3.35. The molecule has 0 amide bonds. The van der Waals surface area contributed by atoms with Gasteiger partial charge in [-0.25, -0.2) is 4.39 Å². The standard InChI is InChI=1S/C12H11BrFN.C2H6/c1-6-5-8(14)11(13)10-7-3-2-4-9(7)15-12(6)10;1-2/h5,15H,2-4H2,1H3;1-2H3. The van der Waals surface area contributed by atoms with Gasteiger partial charge in [-0.2, -0.15) is 0 Å². The molecule has 0 atom stereocenters. The average molecular weight is 298 g/mol. The van der Waals surface area contributed by atoms with Gasteiger partial charge in [0.15, 0.2) is 0 Å². The Kier molecular flexibility index (Phi) is 3.57. The molecule has 2 aromatic rings. The van der Waals surface area contributed by atoms with E-state index in [9.17, 15) is 4.39 Å². The average Bonchev–Trinajstić information content (AvgIpc) is 2.88. The van der Waals surface area contributed by atoms with E-state index in [1.165, 1.54) is 17.7 Å². The number of aromatic amines is 1. The van der Waals surface area contributed by atoms with Crippen molar-refractivity contribution in [1.82, 2.24) is 4.98 Å². The van der Waals surface area contributed by atoms with E-state index < -0.39 is 0 Å². The molecule has 92 valence electrons. The van der Waals surface area contributed by atoms with Gasteiger partial charge >= 0.3 is 0 Å². The fourth-order valence-corrected chi connectivity index (χ4v) is 3.06. The summed E-state index contributed by atoms with van der Waals surface area (Å²) in [6.45, 7) is 5.95. The van der Waals surface area contributed by atoms with Gasteiger partial charge in [0.25, 0.3) is 0 Å². The number of aryl methyl sites for hydroxylation is 3. The summed E-state index contributed by atoms with van der Waals surface area (Å²) in [6, 6.07) is 1.58. The van der Waals surface area contributed by atoms with Crippen LogP contribution in [0.3, 0.4) is 0 Å². The van der Waals surface area contributed by atoms with Crippen molar-refractivity contribution < 1.29 is 4.39 Å². The summed E-state index contributed by atoms with van der Waals surface area (Å²) in [7, 11) is 0. The topological polar surface area (TPSA) is 15.8 Å². The van der Waals surface area contributed by atoms with E-state index in [0.717, 1.165) is 29.3 Å². The zero-order chi connectivity index (χ0) is 12.6. The molecule has 1 heterocycles. The van der Waals surface area contributed by atoms with E-state index in [1.54, 1.807) is 6.07 Å². The van der Waals surface area contributed by atoms with E-state index in [0.29, 0.717) is 4.47 Å². The molecule has 0 unspecified atom stereocenters. The van der Waals surface area contributed by atoms with Gasteiger partial charge in [0, 0.05) is 11.1 Å². The lowest BCUT2D eigenvalue weighted by molar-refractivity contribution is 0.622. The SMILES string of the molecule is CC.Cc1cc(F)c(Br)c2c3c([nH]c12)CCC3. The van der Waals surface area contributed by atoms with Gasteiger partial charge in [-0.05, 0) is 59.3 Å². The quantitative estimate of drug-likeness (QED) is 0.712. The molecule has 0 saturated heterocycles. The second-order valence-corrected chi connectivity index (χ2v) is 4.97. The number of hydrogen-bond acceptors (Lipinski definition) is 0. The maximum absolute atomic E-state index is 13.6. The van der Waals surface area contributed by atoms with Crippen molar-refractivity contribution in [2.75, 3.05) is 0 Å². The van der Waals surface area contributed by atoms with Gasteiger partial charge in [0.05, 0.1) is 9.99 Å². The van der Waals surface area contributed by atoms with E-state index >= 15 is 0 Å². The van der Waals surface area contributed by atoms with Crippen LogP contribution in [0.5, 0.6) is 0 Å². The zero-order valence-corrected chi connectivity index (χ0v) is 12.0. The Morgan fingerprint density at radius 1 is 1.29 bits per heavy atom. The first kappa shape index (κ1) is 12.6. The van der Waals surface area contributed by atoms with Gasteiger partial charge in [-0.3, -0.25) is 0 Å². The third-order valence-electron chi connectivity index (χ3n) is 3.21. The Morgan fingerprint density at radius 3 is 2.71 bits per heavy atom. The van der Waals surface area contributed by atoms with Crippen molar-refractivity contribution in [3.05, 3.63) is 33.2 Å². The van der Waals surface area contributed by atoms with Crippen LogP contribution in [0.2, 0.25) is 0 Å². The van der Waals surface area contributed by atoms with Crippen LogP contribution in [0.25, 0.3) is 10.9 Å². The largest absolute Gasteiger partial charge is 0.358 e. The maximum atomic E-state index is 13.6. The van der Waals surface area contributed by atoms with Crippen molar-refractivity contribution in [2.45, 2.75) is 40.0 Å². The molecule has 17 heavy (non-hydrogen) atoms. The molecular weight excluding hydrogens is 281 g/mol. The predicted octanol–water partition coefficient (Wildman–Crippen LogP) is 4.89. The van der Waals surface area contributed by atoms with E-state index in [-0.39, 0.29) is 5.82 Å². The summed E-state index contributed by atoms with van der Waals surface area (Å²) in [5.74, 6) is -0.159. The Labute approximate surface area is 110 Å². The number of benzene rings is 1. The highest BCUT2D eigenvalue weighted by Crippen LogP contribution is 2.37. The van der Waals surface area contributed by atoms with Crippen molar-refractivity contribution >= 4 is 26.8 Å². The van der Waals surface area contributed by atoms with Gasteiger partial charge < -0.3 is 4.98 Å². The number of rotatable bonds is 0. The predicted molar refractivity (Wildman–Crippen MR) is 74.1 cm³/mol. The summed E-state index contributed by atoms with van der Waals surface area (Å²) < 4.78 is 14.2. The molecule has 0 fully saturated rings. The van der Waals surface area contributed by atoms with E-state index in [1.807, 2.05) is 20.8 Å². The number of nitrogens with one attached hydrogen (secondary N) is 1. The molecule has 0 spiro atoms. The first-order chi connectivity index (χ1) is 8.18. The molecular formula is C14H17BrFN. The molecule has 0 radical (unpaired) electrons. The van der Waals surface area contributed by atoms with Crippen LogP contribution in [-0.2, 0) is 12.8 Å². The third-order valence-corrected chi connectivity index (χ3v) is 3.99. The Bertz CT molecular complexity index is 557. The Morgan fingerprint density at radius 2 is 2.00 bits per heavy atom. The summed E-state index contributed by atoms with van der Waals surface area (Å²) in [4.78, 5) is 3.42. The van der Waals surface area contributed by atoms with Crippen LogP contribution < -0.4 is 0 Å².